The number of carboxylic acid groups (broad SMARTS) is 2. The van der Waals surface area contributed by atoms with Gasteiger partial charge >= 0.3 is 11.9 Å². The molecule has 0 saturated heterocycles. The summed E-state index contributed by atoms with van der Waals surface area (Å²) in [6.07, 6.45) is 17.6. The van der Waals surface area contributed by atoms with Crippen molar-refractivity contribution in [3.05, 3.63) is 0 Å². The third kappa shape index (κ3) is 29.5. The Kier molecular flexibility index (Phi) is 28.1. The SMILES string of the molecule is CCCC(=O)COCCOCCNC(=O)CCC(CC(=O)CCCCCCCCCCCCCCCCC(=O)O)C(=O)O. The Morgan fingerprint density at radius 2 is 1.12 bits per heavy atom. The number of hydrogen-bond donors (Lipinski definition) is 3. The maximum atomic E-state index is 12.3. The molecule has 1 atom stereocenters. The lowest BCUT2D eigenvalue weighted by molar-refractivity contribution is -0.144. The number of hydrogen-bond acceptors (Lipinski definition) is 7. The number of ether oxygens (including phenoxy) is 2. The number of rotatable bonds is 33. The van der Waals surface area contributed by atoms with Crippen LogP contribution < -0.4 is 5.32 Å². The number of nitrogens with one attached hydrogen (secondary N) is 1. The maximum Gasteiger partial charge on any atom is 0.306 e. The van der Waals surface area contributed by atoms with Gasteiger partial charge < -0.3 is 25.0 Å². The Morgan fingerprint density at radius 1 is 0.605 bits per heavy atom. The van der Waals surface area contributed by atoms with Crippen molar-refractivity contribution in [2.45, 2.75) is 142 Å². The second-order valence-corrected chi connectivity index (χ2v) is 11.5. The van der Waals surface area contributed by atoms with E-state index in [2.05, 4.69) is 5.32 Å². The van der Waals surface area contributed by atoms with Gasteiger partial charge in [-0.1, -0.05) is 84.0 Å². The fourth-order valence-corrected chi connectivity index (χ4v) is 4.82. The number of aliphatic carboxylic acids is 2. The van der Waals surface area contributed by atoms with Gasteiger partial charge in [-0.3, -0.25) is 24.0 Å². The molecule has 0 aliphatic carbocycles. The van der Waals surface area contributed by atoms with Crippen LogP contribution in [0.1, 0.15) is 142 Å². The van der Waals surface area contributed by atoms with Crippen LogP contribution >= 0.6 is 0 Å². The molecule has 0 bridgehead atoms. The lowest BCUT2D eigenvalue weighted by Gasteiger charge is -2.12. The van der Waals surface area contributed by atoms with E-state index >= 15 is 0 Å². The van der Waals surface area contributed by atoms with Crippen LogP contribution in [0.2, 0.25) is 0 Å². The molecule has 0 heterocycles. The molecule has 0 aromatic rings. The van der Waals surface area contributed by atoms with Crippen molar-refractivity contribution >= 4 is 29.4 Å². The van der Waals surface area contributed by atoms with Crippen molar-refractivity contribution < 1.29 is 43.7 Å². The molecule has 3 N–H and O–H groups in total. The molecule has 10 nitrogen and oxygen atoms in total. The van der Waals surface area contributed by atoms with Gasteiger partial charge in [-0.25, -0.2) is 0 Å². The average Bonchev–Trinajstić information content (AvgIpc) is 2.96. The van der Waals surface area contributed by atoms with E-state index in [-0.39, 0.29) is 49.8 Å². The first kappa shape index (κ1) is 40.7. The van der Waals surface area contributed by atoms with E-state index in [1.807, 2.05) is 6.92 Å². The normalized spacial score (nSPS) is 11.7. The summed E-state index contributed by atoms with van der Waals surface area (Å²) in [4.78, 5) is 57.8. The summed E-state index contributed by atoms with van der Waals surface area (Å²) >= 11 is 0. The molecule has 250 valence electrons. The van der Waals surface area contributed by atoms with Gasteiger partial charge in [0, 0.05) is 38.6 Å². The summed E-state index contributed by atoms with van der Waals surface area (Å²) in [5, 5.41) is 20.8. The first-order valence-electron chi connectivity index (χ1n) is 16.7. The molecule has 0 aliphatic heterocycles. The standard InChI is InChI=1S/C33H59NO9/c1-2-17-30(36)27-43-25-24-42-23-22-34-31(37)21-20-28(33(40)41)26-29(35)18-15-13-11-9-7-5-3-4-6-8-10-12-14-16-19-32(38)39/h28H,2-27H2,1H3,(H,34,37)(H,38,39)(H,40,41). The largest absolute Gasteiger partial charge is 0.481 e. The van der Waals surface area contributed by atoms with Crippen molar-refractivity contribution in [2.75, 3.05) is 33.0 Å². The molecule has 10 heteroatoms. The van der Waals surface area contributed by atoms with E-state index in [1.54, 1.807) is 0 Å². The summed E-state index contributed by atoms with van der Waals surface area (Å²) in [7, 11) is 0. The average molecular weight is 614 g/mol. The number of carbonyl (C=O) groups excluding carboxylic acids is 3. The van der Waals surface area contributed by atoms with Crippen LogP contribution in [-0.4, -0.2) is 72.6 Å². The van der Waals surface area contributed by atoms with Gasteiger partial charge in [-0.2, -0.15) is 0 Å². The molecule has 0 aromatic carbocycles. The predicted molar refractivity (Wildman–Crippen MR) is 166 cm³/mol. The van der Waals surface area contributed by atoms with Gasteiger partial charge in [0.15, 0.2) is 5.78 Å². The highest BCUT2D eigenvalue weighted by atomic mass is 16.5. The minimum absolute atomic E-state index is 0.0329. The minimum atomic E-state index is -1.04. The van der Waals surface area contributed by atoms with Gasteiger partial charge in [0.1, 0.15) is 12.4 Å². The van der Waals surface area contributed by atoms with Crippen LogP contribution in [0.3, 0.4) is 0 Å². The molecule has 1 unspecified atom stereocenters. The Bertz CT molecular complexity index is 757. The van der Waals surface area contributed by atoms with E-state index < -0.39 is 17.9 Å². The zero-order valence-electron chi connectivity index (χ0n) is 26.7. The molecule has 0 spiro atoms. The third-order valence-electron chi connectivity index (χ3n) is 7.37. The van der Waals surface area contributed by atoms with E-state index in [4.69, 9.17) is 14.6 Å². The topological polar surface area (TPSA) is 156 Å². The van der Waals surface area contributed by atoms with Crippen molar-refractivity contribution in [1.82, 2.24) is 5.32 Å². The Hall–Kier alpha value is -2.33. The van der Waals surface area contributed by atoms with Gasteiger partial charge in [0.05, 0.1) is 25.7 Å². The van der Waals surface area contributed by atoms with Gasteiger partial charge in [-0.05, 0) is 25.7 Å². The second kappa shape index (κ2) is 29.7. The van der Waals surface area contributed by atoms with Crippen LogP contribution in [0.25, 0.3) is 0 Å². The van der Waals surface area contributed by atoms with Crippen LogP contribution in [0, 0.1) is 5.92 Å². The number of Topliss-reactive ketones (excluding diaryl/α,β-unsaturated/α-hetero) is 2. The number of carboxylic acids is 2. The molecule has 43 heavy (non-hydrogen) atoms. The zero-order valence-corrected chi connectivity index (χ0v) is 26.7. The molecule has 0 aromatic heterocycles. The molecular formula is C33H59NO9. The monoisotopic (exact) mass is 613 g/mol. The van der Waals surface area contributed by atoms with Crippen molar-refractivity contribution in [3.63, 3.8) is 0 Å². The van der Waals surface area contributed by atoms with Gasteiger partial charge in [-0.15, -0.1) is 0 Å². The highest BCUT2D eigenvalue weighted by Gasteiger charge is 2.22. The summed E-state index contributed by atoms with van der Waals surface area (Å²) in [5.74, 6) is -2.85. The summed E-state index contributed by atoms with van der Waals surface area (Å²) in [6.45, 7) is 3.24. The van der Waals surface area contributed by atoms with Crippen molar-refractivity contribution in [1.29, 1.82) is 0 Å². The van der Waals surface area contributed by atoms with E-state index in [9.17, 15) is 29.1 Å². The molecular weight excluding hydrogens is 554 g/mol. The van der Waals surface area contributed by atoms with Crippen LogP contribution in [0.5, 0.6) is 0 Å². The smallest absolute Gasteiger partial charge is 0.306 e. The first-order valence-corrected chi connectivity index (χ1v) is 16.7. The molecule has 0 aliphatic rings. The van der Waals surface area contributed by atoms with E-state index in [0.29, 0.717) is 39.2 Å². The summed E-state index contributed by atoms with van der Waals surface area (Å²) in [6, 6.07) is 0. The Morgan fingerprint density at radius 3 is 1.63 bits per heavy atom. The van der Waals surface area contributed by atoms with Crippen molar-refractivity contribution in [3.8, 4) is 0 Å². The Balaban J connectivity index is 3.67. The minimum Gasteiger partial charge on any atom is -0.481 e. The second-order valence-electron chi connectivity index (χ2n) is 11.5. The van der Waals surface area contributed by atoms with Gasteiger partial charge in [0.2, 0.25) is 5.91 Å². The molecule has 0 rings (SSSR count). The van der Waals surface area contributed by atoms with Gasteiger partial charge in [0.25, 0.3) is 0 Å². The lowest BCUT2D eigenvalue weighted by atomic mass is 9.94. The van der Waals surface area contributed by atoms with Crippen LogP contribution in [0.15, 0.2) is 0 Å². The number of ketones is 2. The fraction of sp³-hybridized carbons (Fsp3) is 0.848. The van der Waals surface area contributed by atoms with Crippen molar-refractivity contribution in [2.24, 2.45) is 5.92 Å². The third-order valence-corrected chi connectivity index (χ3v) is 7.37. The van der Waals surface area contributed by atoms with Crippen LogP contribution in [0.4, 0.5) is 0 Å². The first-order chi connectivity index (χ1) is 20.8. The molecule has 1 amide bonds. The quantitative estimate of drug-likeness (QED) is 0.0726. The highest BCUT2D eigenvalue weighted by molar-refractivity contribution is 5.84. The van der Waals surface area contributed by atoms with E-state index in [0.717, 1.165) is 51.4 Å². The number of carbonyl (C=O) groups is 5. The predicted octanol–water partition coefficient (Wildman–Crippen LogP) is 6.27. The molecule has 0 radical (unpaired) electrons. The molecule has 0 saturated carbocycles. The number of amides is 1. The highest BCUT2D eigenvalue weighted by Crippen LogP contribution is 2.17. The summed E-state index contributed by atoms with van der Waals surface area (Å²) < 4.78 is 10.6. The van der Waals surface area contributed by atoms with Crippen LogP contribution in [-0.2, 0) is 33.4 Å². The maximum absolute atomic E-state index is 12.3. The zero-order chi connectivity index (χ0) is 32.0. The lowest BCUT2D eigenvalue weighted by Crippen LogP contribution is -2.29. The summed E-state index contributed by atoms with van der Waals surface area (Å²) in [5.41, 5.74) is 0. The fourth-order valence-electron chi connectivity index (χ4n) is 4.82. The molecule has 0 fully saturated rings. The Labute approximate surface area is 259 Å². The van der Waals surface area contributed by atoms with E-state index in [1.165, 1.54) is 44.9 Å². The number of unbranched alkanes of at least 4 members (excludes halogenated alkanes) is 13.